The SMILES string of the molecule is CC1CN(c2ccc(C#N)cc2)CC1N1CCOCC1. The third-order valence-electron chi connectivity index (χ3n) is 4.45. The van der Waals surface area contributed by atoms with Crippen molar-refractivity contribution in [3.8, 4) is 6.07 Å². The van der Waals surface area contributed by atoms with Crippen molar-refractivity contribution in [3.63, 3.8) is 0 Å². The Balaban J connectivity index is 1.69. The largest absolute Gasteiger partial charge is 0.379 e. The molecule has 0 bridgehead atoms. The van der Waals surface area contributed by atoms with E-state index < -0.39 is 0 Å². The van der Waals surface area contributed by atoms with Gasteiger partial charge in [-0.1, -0.05) is 6.92 Å². The smallest absolute Gasteiger partial charge is 0.0991 e. The average Bonchev–Trinajstić information content (AvgIpc) is 2.90. The van der Waals surface area contributed by atoms with Crippen LogP contribution in [0.1, 0.15) is 12.5 Å². The molecule has 2 atom stereocenters. The average molecular weight is 271 g/mol. The number of hydrogen-bond donors (Lipinski definition) is 0. The van der Waals surface area contributed by atoms with Gasteiger partial charge < -0.3 is 9.64 Å². The van der Waals surface area contributed by atoms with E-state index in [-0.39, 0.29) is 0 Å². The number of nitrogens with zero attached hydrogens (tertiary/aromatic N) is 3. The quantitative estimate of drug-likeness (QED) is 0.821. The van der Waals surface area contributed by atoms with Crippen molar-refractivity contribution in [2.75, 3.05) is 44.3 Å². The van der Waals surface area contributed by atoms with Crippen LogP contribution >= 0.6 is 0 Å². The summed E-state index contributed by atoms with van der Waals surface area (Å²) >= 11 is 0. The highest BCUT2D eigenvalue weighted by molar-refractivity contribution is 5.50. The summed E-state index contributed by atoms with van der Waals surface area (Å²) in [6, 6.07) is 10.7. The fourth-order valence-electron chi connectivity index (χ4n) is 3.29. The topological polar surface area (TPSA) is 39.5 Å². The van der Waals surface area contributed by atoms with Crippen molar-refractivity contribution >= 4 is 5.69 Å². The minimum Gasteiger partial charge on any atom is -0.379 e. The summed E-state index contributed by atoms with van der Waals surface area (Å²) in [7, 11) is 0. The highest BCUT2D eigenvalue weighted by Crippen LogP contribution is 2.27. The van der Waals surface area contributed by atoms with Crippen LogP contribution in [0.15, 0.2) is 24.3 Å². The molecule has 2 fully saturated rings. The van der Waals surface area contributed by atoms with Crippen LogP contribution in [0.5, 0.6) is 0 Å². The number of benzene rings is 1. The van der Waals surface area contributed by atoms with Crippen LogP contribution in [0.4, 0.5) is 5.69 Å². The summed E-state index contributed by atoms with van der Waals surface area (Å²) < 4.78 is 5.45. The lowest BCUT2D eigenvalue weighted by atomic mass is 10.0. The lowest BCUT2D eigenvalue weighted by Crippen LogP contribution is -2.46. The highest BCUT2D eigenvalue weighted by atomic mass is 16.5. The first kappa shape index (κ1) is 13.4. The van der Waals surface area contributed by atoms with Crippen molar-refractivity contribution in [1.29, 1.82) is 5.26 Å². The second-order valence-electron chi connectivity index (χ2n) is 5.76. The van der Waals surface area contributed by atoms with E-state index in [1.54, 1.807) is 0 Å². The molecule has 2 saturated heterocycles. The van der Waals surface area contributed by atoms with Gasteiger partial charge in [-0.05, 0) is 30.2 Å². The molecule has 4 nitrogen and oxygen atoms in total. The molecule has 2 aliphatic rings. The Morgan fingerprint density at radius 3 is 2.50 bits per heavy atom. The fraction of sp³-hybridized carbons (Fsp3) is 0.562. The Labute approximate surface area is 120 Å². The molecule has 20 heavy (non-hydrogen) atoms. The van der Waals surface area contributed by atoms with Gasteiger partial charge in [-0.25, -0.2) is 0 Å². The van der Waals surface area contributed by atoms with Crippen LogP contribution < -0.4 is 4.90 Å². The molecule has 3 rings (SSSR count). The maximum atomic E-state index is 8.87. The molecule has 0 aromatic heterocycles. The number of ether oxygens (including phenoxy) is 1. The summed E-state index contributed by atoms with van der Waals surface area (Å²) in [5.41, 5.74) is 1.96. The minimum absolute atomic E-state index is 0.620. The van der Waals surface area contributed by atoms with Crippen molar-refractivity contribution < 1.29 is 4.74 Å². The van der Waals surface area contributed by atoms with E-state index in [4.69, 9.17) is 10.00 Å². The predicted molar refractivity (Wildman–Crippen MR) is 78.7 cm³/mol. The first-order valence-corrected chi connectivity index (χ1v) is 7.35. The normalized spacial score (nSPS) is 27.5. The van der Waals surface area contributed by atoms with Crippen molar-refractivity contribution in [1.82, 2.24) is 4.90 Å². The van der Waals surface area contributed by atoms with Gasteiger partial charge in [0, 0.05) is 37.9 Å². The molecule has 0 radical (unpaired) electrons. The zero-order valence-corrected chi connectivity index (χ0v) is 12.0. The minimum atomic E-state index is 0.620. The predicted octanol–water partition coefficient (Wildman–Crippen LogP) is 1.72. The zero-order valence-electron chi connectivity index (χ0n) is 12.0. The molecular formula is C16H21N3O. The summed E-state index contributed by atoms with van der Waals surface area (Å²) in [5.74, 6) is 0.670. The molecule has 1 aromatic carbocycles. The number of hydrogen-bond acceptors (Lipinski definition) is 4. The van der Waals surface area contributed by atoms with E-state index >= 15 is 0 Å². The first-order chi connectivity index (χ1) is 9.78. The molecule has 106 valence electrons. The first-order valence-electron chi connectivity index (χ1n) is 7.35. The van der Waals surface area contributed by atoms with E-state index in [0.717, 1.165) is 45.0 Å². The number of rotatable bonds is 2. The van der Waals surface area contributed by atoms with Crippen molar-refractivity contribution in [2.45, 2.75) is 13.0 Å². The highest BCUT2D eigenvalue weighted by Gasteiger charge is 2.34. The number of anilines is 1. The third-order valence-corrected chi connectivity index (χ3v) is 4.45. The second-order valence-corrected chi connectivity index (χ2v) is 5.76. The van der Waals surface area contributed by atoms with Crippen LogP contribution in [-0.4, -0.2) is 50.3 Å². The number of nitriles is 1. The molecule has 0 N–H and O–H groups in total. The molecule has 2 unspecified atom stereocenters. The molecular weight excluding hydrogens is 250 g/mol. The Hall–Kier alpha value is -1.57. The van der Waals surface area contributed by atoms with Crippen LogP contribution in [0.25, 0.3) is 0 Å². The molecule has 0 spiro atoms. The lowest BCUT2D eigenvalue weighted by Gasteiger charge is -2.34. The Morgan fingerprint density at radius 1 is 1.15 bits per heavy atom. The van der Waals surface area contributed by atoms with Gasteiger partial charge in [-0.15, -0.1) is 0 Å². The summed E-state index contributed by atoms with van der Waals surface area (Å²) in [5, 5.41) is 8.87. The van der Waals surface area contributed by atoms with Gasteiger partial charge in [0.25, 0.3) is 0 Å². The molecule has 0 aliphatic carbocycles. The van der Waals surface area contributed by atoms with Gasteiger partial charge in [0.1, 0.15) is 0 Å². The van der Waals surface area contributed by atoms with E-state index in [9.17, 15) is 0 Å². The monoisotopic (exact) mass is 271 g/mol. The summed E-state index contributed by atoms with van der Waals surface area (Å²) in [6.07, 6.45) is 0. The van der Waals surface area contributed by atoms with Crippen molar-refractivity contribution in [3.05, 3.63) is 29.8 Å². The Bertz CT molecular complexity index is 487. The van der Waals surface area contributed by atoms with E-state index in [1.165, 1.54) is 5.69 Å². The number of morpholine rings is 1. The maximum Gasteiger partial charge on any atom is 0.0991 e. The molecule has 2 aliphatic heterocycles. The van der Waals surface area contributed by atoms with E-state index in [0.29, 0.717) is 12.0 Å². The second kappa shape index (κ2) is 5.82. The van der Waals surface area contributed by atoms with E-state index in [1.807, 2.05) is 12.1 Å². The van der Waals surface area contributed by atoms with Crippen LogP contribution in [0.2, 0.25) is 0 Å². The maximum absolute atomic E-state index is 8.87. The molecule has 4 heteroatoms. The van der Waals surface area contributed by atoms with Gasteiger partial charge in [-0.2, -0.15) is 5.26 Å². The third kappa shape index (κ3) is 2.65. The lowest BCUT2D eigenvalue weighted by molar-refractivity contribution is 0.0134. The van der Waals surface area contributed by atoms with Gasteiger partial charge in [0.2, 0.25) is 0 Å². The van der Waals surface area contributed by atoms with Crippen molar-refractivity contribution in [2.24, 2.45) is 5.92 Å². The molecule has 2 heterocycles. The summed E-state index contributed by atoms with van der Waals surface area (Å²) in [4.78, 5) is 5.00. The standard InChI is InChI=1S/C16H21N3O/c1-13-11-19(15-4-2-14(10-17)3-5-15)12-16(13)18-6-8-20-9-7-18/h2-5,13,16H,6-9,11-12H2,1H3. The zero-order chi connectivity index (χ0) is 13.9. The Morgan fingerprint density at radius 2 is 1.85 bits per heavy atom. The summed E-state index contributed by atoms with van der Waals surface area (Å²) in [6.45, 7) is 8.33. The molecule has 1 aromatic rings. The van der Waals surface area contributed by atoms with Crippen LogP contribution in [0, 0.1) is 17.2 Å². The Kier molecular flexibility index (Phi) is 3.90. The van der Waals surface area contributed by atoms with Crippen LogP contribution in [0.3, 0.4) is 0 Å². The molecule has 0 saturated carbocycles. The van der Waals surface area contributed by atoms with Gasteiger partial charge in [0.15, 0.2) is 0 Å². The van der Waals surface area contributed by atoms with Gasteiger partial charge in [-0.3, -0.25) is 4.90 Å². The molecule has 0 amide bonds. The van der Waals surface area contributed by atoms with Gasteiger partial charge >= 0.3 is 0 Å². The van der Waals surface area contributed by atoms with Gasteiger partial charge in [0.05, 0.1) is 24.8 Å². The van der Waals surface area contributed by atoms with E-state index in [2.05, 4.69) is 34.9 Å². The van der Waals surface area contributed by atoms with Crippen LogP contribution in [-0.2, 0) is 4.74 Å². The fourth-order valence-corrected chi connectivity index (χ4v) is 3.29.